The third kappa shape index (κ3) is 2.21. The van der Waals surface area contributed by atoms with Crippen LogP contribution < -0.4 is 0 Å². The molecule has 108 valence electrons. The van der Waals surface area contributed by atoms with Gasteiger partial charge in [0.25, 0.3) is 0 Å². The van der Waals surface area contributed by atoms with Gasteiger partial charge in [0.1, 0.15) is 6.07 Å². The van der Waals surface area contributed by atoms with Crippen molar-refractivity contribution in [3.8, 4) is 28.6 Å². The summed E-state index contributed by atoms with van der Waals surface area (Å²) in [7, 11) is 0. The first kappa shape index (κ1) is 13.1. The van der Waals surface area contributed by atoms with Crippen LogP contribution in [0.3, 0.4) is 0 Å². The van der Waals surface area contributed by atoms with Gasteiger partial charge in [-0.25, -0.2) is 4.98 Å². The number of aromatic nitrogens is 5. The minimum atomic E-state index is 0.483. The van der Waals surface area contributed by atoms with Gasteiger partial charge >= 0.3 is 0 Å². The number of pyridine rings is 3. The van der Waals surface area contributed by atoms with E-state index in [4.69, 9.17) is 0 Å². The second kappa shape index (κ2) is 5.31. The SMILES string of the molecule is N#Cc1cc2c(-c3cccnc3)[nH]nc2nc1-c1cccnc1. The first-order valence-corrected chi connectivity index (χ1v) is 6.97. The minimum absolute atomic E-state index is 0.483. The van der Waals surface area contributed by atoms with E-state index in [0.29, 0.717) is 16.9 Å². The molecule has 0 fully saturated rings. The lowest BCUT2D eigenvalue weighted by Crippen LogP contribution is -1.91. The fourth-order valence-electron chi connectivity index (χ4n) is 2.48. The first-order chi connectivity index (χ1) is 11.4. The van der Waals surface area contributed by atoms with Gasteiger partial charge in [-0.2, -0.15) is 10.4 Å². The average molecular weight is 298 g/mol. The van der Waals surface area contributed by atoms with Crippen molar-refractivity contribution in [2.24, 2.45) is 0 Å². The van der Waals surface area contributed by atoms with Gasteiger partial charge in [-0.3, -0.25) is 15.1 Å². The van der Waals surface area contributed by atoms with E-state index >= 15 is 0 Å². The van der Waals surface area contributed by atoms with Crippen LogP contribution in [0, 0.1) is 11.3 Å². The molecule has 23 heavy (non-hydrogen) atoms. The summed E-state index contributed by atoms with van der Waals surface area (Å²) in [6, 6.07) is 11.5. The fourth-order valence-corrected chi connectivity index (χ4v) is 2.48. The molecule has 6 nitrogen and oxygen atoms in total. The van der Waals surface area contributed by atoms with Crippen molar-refractivity contribution >= 4 is 11.0 Å². The average Bonchev–Trinajstić information content (AvgIpc) is 3.05. The summed E-state index contributed by atoms with van der Waals surface area (Å²) in [5, 5.41) is 17.5. The topological polar surface area (TPSA) is 91.1 Å². The monoisotopic (exact) mass is 298 g/mol. The van der Waals surface area contributed by atoms with Crippen molar-refractivity contribution in [3.63, 3.8) is 0 Å². The Morgan fingerprint density at radius 2 is 1.74 bits per heavy atom. The molecule has 4 aromatic rings. The Hall–Kier alpha value is -3.59. The first-order valence-electron chi connectivity index (χ1n) is 6.97. The smallest absolute Gasteiger partial charge is 0.182 e. The zero-order chi connectivity index (χ0) is 15.6. The van der Waals surface area contributed by atoms with Crippen LogP contribution in [0.4, 0.5) is 0 Å². The van der Waals surface area contributed by atoms with E-state index in [0.717, 1.165) is 22.2 Å². The molecule has 4 heterocycles. The van der Waals surface area contributed by atoms with Crippen LogP contribution in [0.15, 0.2) is 55.1 Å². The molecular weight excluding hydrogens is 288 g/mol. The van der Waals surface area contributed by atoms with Gasteiger partial charge in [0.2, 0.25) is 0 Å². The highest BCUT2D eigenvalue weighted by Gasteiger charge is 2.14. The van der Waals surface area contributed by atoms with Gasteiger partial charge in [-0.1, -0.05) is 0 Å². The summed E-state index contributed by atoms with van der Waals surface area (Å²) in [5.41, 5.74) is 4.11. The van der Waals surface area contributed by atoms with Gasteiger partial charge in [-0.05, 0) is 30.3 Å². The number of hydrogen-bond acceptors (Lipinski definition) is 5. The van der Waals surface area contributed by atoms with Crippen molar-refractivity contribution < 1.29 is 0 Å². The van der Waals surface area contributed by atoms with Crippen LogP contribution in [-0.4, -0.2) is 25.1 Å². The summed E-state index contributed by atoms with van der Waals surface area (Å²) >= 11 is 0. The Morgan fingerprint density at radius 3 is 2.39 bits per heavy atom. The molecule has 0 bridgehead atoms. The van der Waals surface area contributed by atoms with Crippen LogP contribution in [-0.2, 0) is 0 Å². The number of hydrogen-bond donors (Lipinski definition) is 1. The van der Waals surface area contributed by atoms with Gasteiger partial charge in [0.15, 0.2) is 5.65 Å². The van der Waals surface area contributed by atoms with Crippen LogP contribution in [0.25, 0.3) is 33.5 Å². The molecule has 0 atom stereocenters. The molecular formula is C17H10N6. The largest absolute Gasteiger partial charge is 0.275 e. The molecule has 0 aromatic carbocycles. The second-order valence-electron chi connectivity index (χ2n) is 4.95. The van der Waals surface area contributed by atoms with Gasteiger partial charge in [-0.15, -0.1) is 0 Å². The minimum Gasteiger partial charge on any atom is -0.275 e. The molecule has 0 aliphatic carbocycles. The lowest BCUT2D eigenvalue weighted by atomic mass is 10.1. The highest BCUT2D eigenvalue weighted by molar-refractivity contribution is 5.93. The van der Waals surface area contributed by atoms with E-state index in [1.165, 1.54) is 0 Å². The summed E-state index contributed by atoms with van der Waals surface area (Å²) < 4.78 is 0. The van der Waals surface area contributed by atoms with Gasteiger partial charge < -0.3 is 0 Å². The molecule has 0 saturated heterocycles. The lowest BCUT2D eigenvalue weighted by Gasteiger charge is -2.03. The quantitative estimate of drug-likeness (QED) is 0.614. The Bertz CT molecular complexity index is 1020. The molecule has 4 aromatic heterocycles. The Labute approximate surface area is 131 Å². The Balaban J connectivity index is 1.96. The number of nitriles is 1. The lowest BCUT2D eigenvalue weighted by molar-refractivity contribution is 1.10. The predicted octanol–water partition coefficient (Wildman–Crippen LogP) is 2.95. The number of aromatic amines is 1. The predicted molar refractivity (Wildman–Crippen MR) is 85.1 cm³/mol. The van der Waals surface area contributed by atoms with Crippen molar-refractivity contribution in [1.82, 2.24) is 25.1 Å². The number of fused-ring (bicyclic) bond motifs is 1. The van der Waals surface area contributed by atoms with E-state index < -0.39 is 0 Å². The Morgan fingerprint density at radius 1 is 1.00 bits per heavy atom. The van der Waals surface area contributed by atoms with E-state index in [9.17, 15) is 5.26 Å². The molecule has 1 N–H and O–H groups in total. The maximum Gasteiger partial charge on any atom is 0.182 e. The molecule has 0 amide bonds. The molecule has 4 rings (SSSR count). The molecule has 0 spiro atoms. The van der Waals surface area contributed by atoms with Gasteiger partial charge in [0.05, 0.1) is 17.0 Å². The number of rotatable bonds is 2. The van der Waals surface area contributed by atoms with Crippen molar-refractivity contribution in [2.45, 2.75) is 0 Å². The highest BCUT2D eigenvalue weighted by Crippen LogP contribution is 2.29. The molecule has 0 unspecified atom stereocenters. The zero-order valence-corrected chi connectivity index (χ0v) is 11.9. The van der Waals surface area contributed by atoms with Crippen molar-refractivity contribution in [2.75, 3.05) is 0 Å². The third-order valence-corrected chi connectivity index (χ3v) is 3.55. The molecule has 6 heteroatoms. The van der Waals surface area contributed by atoms with E-state index in [2.05, 4.69) is 31.2 Å². The maximum atomic E-state index is 9.48. The molecule has 0 saturated carbocycles. The van der Waals surface area contributed by atoms with E-state index in [1.54, 1.807) is 30.9 Å². The second-order valence-corrected chi connectivity index (χ2v) is 4.95. The summed E-state index contributed by atoms with van der Waals surface area (Å²) in [5.74, 6) is 0. The van der Waals surface area contributed by atoms with Crippen LogP contribution in [0.5, 0.6) is 0 Å². The van der Waals surface area contributed by atoms with Crippen LogP contribution in [0.2, 0.25) is 0 Å². The molecule has 0 radical (unpaired) electrons. The van der Waals surface area contributed by atoms with Crippen LogP contribution >= 0.6 is 0 Å². The number of H-pyrrole nitrogens is 1. The van der Waals surface area contributed by atoms with E-state index in [1.807, 2.05) is 24.3 Å². The van der Waals surface area contributed by atoms with Crippen molar-refractivity contribution in [3.05, 3.63) is 60.7 Å². The maximum absolute atomic E-state index is 9.48. The standard InChI is InChI=1S/C17H10N6/c18-8-13-7-14-16(12-4-2-6-20-10-12)22-23-17(14)21-15(13)11-3-1-5-19-9-11/h1-7,9-10H,(H,21,22,23). The molecule has 0 aliphatic rings. The van der Waals surface area contributed by atoms with Crippen LogP contribution in [0.1, 0.15) is 5.56 Å². The number of nitrogens with one attached hydrogen (secondary N) is 1. The summed E-state index contributed by atoms with van der Waals surface area (Å²) in [6.45, 7) is 0. The summed E-state index contributed by atoms with van der Waals surface area (Å²) in [4.78, 5) is 12.7. The van der Waals surface area contributed by atoms with Gasteiger partial charge in [0, 0.05) is 41.3 Å². The Kier molecular flexibility index (Phi) is 3.03. The highest BCUT2D eigenvalue weighted by atomic mass is 15.1. The van der Waals surface area contributed by atoms with E-state index in [-0.39, 0.29) is 0 Å². The molecule has 0 aliphatic heterocycles. The normalized spacial score (nSPS) is 10.6. The van der Waals surface area contributed by atoms with Crippen molar-refractivity contribution in [1.29, 1.82) is 5.26 Å². The third-order valence-electron chi connectivity index (χ3n) is 3.55. The number of nitrogens with zero attached hydrogens (tertiary/aromatic N) is 5. The summed E-state index contributed by atoms with van der Waals surface area (Å²) in [6.07, 6.45) is 6.82. The fraction of sp³-hybridized carbons (Fsp3) is 0. The zero-order valence-electron chi connectivity index (χ0n) is 11.9.